The fourth-order valence-electron chi connectivity index (χ4n) is 0.956. The van der Waals surface area contributed by atoms with Crippen LogP contribution in [0.1, 0.15) is 12.5 Å². The second-order valence-corrected chi connectivity index (χ2v) is 3.66. The van der Waals surface area contributed by atoms with Gasteiger partial charge in [-0.1, -0.05) is 22.0 Å². The van der Waals surface area contributed by atoms with Crippen LogP contribution in [0.25, 0.3) is 0 Å². The first-order valence-electron chi connectivity index (χ1n) is 4.33. The lowest BCUT2D eigenvalue weighted by molar-refractivity contribution is 0.168. The van der Waals surface area contributed by atoms with E-state index < -0.39 is 6.09 Å². The van der Waals surface area contributed by atoms with E-state index in [9.17, 15) is 4.79 Å². The SMILES string of the molecule is CCOC(=O)Nc1ccc(C)c(Br)c1. The Hall–Kier alpha value is -1.03. The predicted octanol–water partition coefficient (Wildman–Crippen LogP) is 3.33. The molecule has 0 saturated carbocycles. The zero-order chi connectivity index (χ0) is 10.6. The minimum absolute atomic E-state index is 0.374. The molecule has 3 nitrogen and oxygen atoms in total. The lowest BCUT2D eigenvalue weighted by Gasteiger charge is -2.06. The fourth-order valence-corrected chi connectivity index (χ4v) is 1.33. The van der Waals surface area contributed by atoms with Gasteiger partial charge in [-0.05, 0) is 31.5 Å². The van der Waals surface area contributed by atoms with Crippen molar-refractivity contribution in [2.24, 2.45) is 0 Å². The molecule has 0 saturated heterocycles. The molecule has 0 unspecified atom stereocenters. The molecule has 1 N–H and O–H groups in total. The van der Waals surface area contributed by atoms with Crippen LogP contribution in [0, 0.1) is 6.92 Å². The molecule has 0 aliphatic carbocycles. The van der Waals surface area contributed by atoms with E-state index in [0.717, 1.165) is 15.7 Å². The van der Waals surface area contributed by atoms with Crippen molar-refractivity contribution >= 4 is 27.7 Å². The van der Waals surface area contributed by atoms with E-state index >= 15 is 0 Å². The maximum absolute atomic E-state index is 11.1. The Kier molecular flexibility index (Phi) is 3.95. The van der Waals surface area contributed by atoms with Crippen molar-refractivity contribution in [1.29, 1.82) is 0 Å². The first kappa shape index (κ1) is 11.0. The summed E-state index contributed by atoms with van der Waals surface area (Å²) in [5.74, 6) is 0. The van der Waals surface area contributed by atoms with Crippen molar-refractivity contribution in [1.82, 2.24) is 0 Å². The van der Waals surface area contributed by atoms with E-state index in [-0.39, 0.29) is 0 Å². The van der Waals surface area contributed by atoms with Crippen LogP contribution in [0.2, 0.25) is 0 Å². The topological polar surface area (TPSA) is 38.3 Å². The van der Waals surface area contributed by atoms with Crippen LogP contribution < -0.4 is 5.32 Å². The number of rotatable bonds is 2. The Balaban J connectivity index is 2.68. The summed E-state index contributed by atoms with van der Waals surface area (Å²) in [5.41, 5.74) is 1.85. The highest BCUT2D eigenvalue weighted by Gasteiger charge is 2.02. The lowest BCUT2D eigenvalue weighted by Crippen LogP contribution is -2.13. The van der Waals surface area contributed by atoms with Crippen LogP contribution in [0.15, 0.2) is 22.7 Å². The normalized spacial score (nSPS) is 9.64. The van der Waals surface area contributed by atoms with Crippen LogP contribution in [-0.2, 0) is 4.74 Å². The van der Waals surface area contributed by atoms with Gasteiger partial charge in [-0.2, -0.15) is 0 Å². The Bertz CT molecular complexity index is 339. The van der Waals surface area contributed by atoms with Gasteiger partial charge >= 0.3 is 6.09 Å². The number of anilines is 1. The molecule has 0 aliphatic rings. The summed E-state index contributed by atoms with van der Waals surface area (Å²) in [6.45, 7) is 4.13. The number of halogens is 1. The Morgan fingerprint density at radius 1 is 1.57 bits per heavy atom. The third-order valence-electron chi connectivity index (χ3n) is 1.69. The number of benzene rings is 1. The molecule has 0 spiro atoms. The number of nitrogens with one attached hydrogen (secondary N) is 1. The highest BCUT2D eigenvalue weighted by molar-refractivity contribution is 9.10. The van der Waals surface area contributed by atoms with E-state index in [1.165, 1.54) is 0 Å². The van der Waals surface area contributed by atoms with Gasteiger partial charge in [-0.3, -0.25) is 5.32 Å². The van der Waals surface area contributed by atoms with Crippen molar-refractivity contribution in [2.75, 3.05) is 11.9 Å². The second kappa shape index (κ2) is 5.00. The molecular weight excluding hydrogens is 246 g/mol. The highest BCUT2D eigenvalue weighted by Crippen LogP contribution is 2.20. The molecule has 14 heavy (non-hydrogen) atoms. The van der Waals surface area contributed by atoms with Crippen molar-refractivity contribution < 1.29 is 9.53 Å². The molecule has 0 aromatic heterocycles. The van der Waals surface area contributed by atoms with Gasteiger partial charge in [0.2, 0.25) is 0 Å². The molecule has 1 rings (SSSR count). The van der Waals surface area contributed by atoms with Gasteiger partial charge in [-0.25, -0.2) is 4.79 Å². The van der Waals surface area contributed by atoms with E-state index in [1.54, 1.807) is 6.92 Å². The molecule has 0 bridgehead atoms. The third kappa shape index (κ3) is 3.03. The van der Waals surface area contributed by atoms with Crippen molar-refractivity contribution in [3.8, 4) is 0 Å². The van der Waals surface area contributed by atoms with Gasteiger partial charge in [0.25, 0.3) is 0 Å². The molecule has 4 heteroatoms. The van der Waals surface area contributed by atoms with Crippen LogP contribution in [-0.4, -0.2) is 12.7 Å². The molecule has 0 radical (unpaired) electrons. The first-order valence-corrected chi connectivity index (χ1v) is 5.12. The number of carbonyl (C=O) groups is 1. The number of aryl methyl sites for hydroxylation is 1. The molecule has 1 amide bonds. The number of ether oxygens (including phenoxy) is 1. The first-order chi connectivity index (χ1) is 6.63. The number of amides is 1. The highest BCUT2D eigenvalue weighted by atomic mass is 79.9. The van der Waals surface area contributed by atoms with Crippen molar-refractivity contribution in [2.45, 2.75) is 13.8 Å². The maximum atomic E-state index is 11.1. The molecule has 76 valence electrons. The van der Waals surface area contributed by atoms with Gasteiger partial charge in [0.1, 0.15) is 0 Å². The van der Waals surface area contributed by atoms with E-state index in [4.69, 9.17) is 4.74 Å². The third-order valence-corrected chi connectivity index (χ3v) is 2.55. The summed E-state index contributed by atoms with van der Waals surface area (Å²) < 4.78 is 5.72. The average Bonchev–Trinajstić information content (AvgIpc) is 2.12. The summed E-state index contributed by atoms with van der Waals surface area (Å²) in [5, 5.41) is 2.62. The van der Waals surface area contributed by atoms with Gasteiger partial charge < -0.3 is 4.74 Å². The van der Waals surface area contributed by atoms with Gasteiger partial charge in [0, 0.05) is 10.2 Å². The van der Waals surface area contributed by atoms with Gasteiger partial charge in [-0.15, -0.1) is 0 Å². The lowest BCUT2D eigenvalue weighted by atomic mass is 10.2. The summed E-state index contributed by atoms with van der Waals surface area (Å²) in [7, 11) is 0. The zero-order valence-electron chi connectivity index (χ0n) is 8.13. The number of hydrogen-bond acceptors (Lipinski definition) is 2. The zero-order valence-corrected chi connectivity index (χ0v) is 9.72. The largest absolute Gasteiger partial charge is 0.450 e. The number of hydrogen-bond donors (Lipinski definition) is 1. The maximum Gasteiger partial charge on any atom is 0.411 e. The molecule has 1 aromatic carbocycles. The molecule has 0 fully saturated rings. The standard InChI is InChI=1S/C10H12BrNO2/c1-3-14-10(13)12-8-5-4-7(2)9(11)6-8/h4-6H,3H2,1-2H3,(H,12,13). The Labute approximate surface area is 91.6 Å². The van der Waals surface area contributed by atoms with Gasteiger partial charge in [0.05, 0.1) is 6.61 Å². The van der Waals surface area contributed by atoms with Crippen LogP contribution in [0.3, 0.4) is 0 Å². The van der Waals surface area contributed by atoms with Crippen molar-refractivity contribution in [3.63, 3.8) is 0 Å². The van der Waals surface area contributed by atoms with E-state index in [0.29, 0.717) is 6.61 Å². The fraction of sp³-hybridized carbons (Fsp3) is 0.300. The minimum Gasteiger partial charge on any atom is -0.450 e. The number of carbonyl (C=O) groups excluding carboxylic acids is 1. The monoisotopic (exact) mass is 257 g/mol. The van der Waals surface area contributed by atoms with E-state index in [1.807, 2.05) is 25.1 Å². The molecule has 1 aromatic rings. The van der Waals surface area contributed by atoms with Crippen LogP contribution in [0.5, 0.6) is 0 Å². The van der Waals surface area contributed by atoms with Crippen molar-refractivity contribution in [3.05, 3.63) is 28.2 Å². The second-order valence-electron chi connectivity index (χ2n) is 2.81. The quantitative estimate of drug-likeness (QED) is 0.883. The Morgan fingerprint density at radius 3 is 2.86 bits per heavy atom. The molecular formula is C10H12BrNO2. The molecule has 0 heterocycles. The van der Waals surface area contributed by atoms with E-state index in [2.05, 4.69) is 21.2 Å². The minimum atomic E-state index is -0.428. The smallest absolute Gasteiger partial charge is 0.411 e. The molecule has 0 aliphatic heterocycles. The summed E-state index contributed by atoms with van der Waals surface area (Å²) in [6, 6.07) is 5.59. The van der Waals surface area contributed by atoms with Gasteiger partial charge in [0.15, 0.2) is 0 Å². The Morgan fingerprint density at radius 2 is 2.29 bits per heavy atom. The summed E-state index contributed by atoms with van der Waals surface area (Å²) >= 11 is 3.38. The van der Waals surface area contributed by atoms with Crippen LogP contribution in [0.4, 0.5) is 10.5 Å². The summed E-state index contributed by atoms with van der Waals surface area (Å²) in [6.07, 6.45) is -0.428. The molecule has 0 atom stereocenters. The summed E-state index contributed by atoms with van der Waals surface area (Å²) in [4.78, 5) is 11.1. The average molecular weight is 258 g/mol. The predicted molar refractivity (Wildman–Crippen MR) is 59.5 cm³/mol. The van der Waals surface area contributed by atoms with Crippen LogP contribution >= 0.6 is 15.9 Å².